The second-order valence-electron chi connectivity index (χ2n) is 4.88. The number of pyridine rings is 2. The molecule has 3 aromatic heterocycles. The van der Waals surface area contributed by atoms with Gasteiger partial charge in [0, 0.05) is 36.2 Å². The van der Waals surface area contributed by atoms with Crippen molar-refractivity contribution < 1.29 is 4.79 Å². The highest BCUT2D eigenvalue weighted by atomic mass is 35.5. The molecule has 0 unspecified atom stereocenters. The van der Waals surface area contributed by atoms with E-state index in [9.17, 15) is 4.79 Å². The van der Waals surface area contributed by atoms with E-state index in [1.165, 1.54) is 0 Å². The van der Waals surface area contributed by atoms with Crippen LogP contribution in [0.25, 0.3) is 5.65 Å². The van der Waals surface area contributed by atoms with Crippen LogP contribution in [0.1, 0.15) is 28.7 Å². The zero-order chi connectivity index (χ0) is 15.5. The molecule has 0 radical (unpaired) electrons. The third-order valence-corrected chi connectivity index (χ3v) is 3.62. The van der Waals surface area contributed by atoms with Crippen LogP contribution in [0, 0.1) is 0 Å². The smallest absolute Gasteiger partial charge is 0.270 e. The molecule has 0 fully saturated rings. The van der Waals surface area contributed by atoms with Gasteiger partial charge in [-0.25, -0.2) is 4.98 Å². The first-order valence-electron chi connectivity index (χ1n) is 7.02. The topological polar surface area (TPSA) is 59.3 Å². The highest BCUT2D eigenvalue weighted by molar-refractivity contribution is 6.30. The summed E-state index contributed by atoms with van der Waals surface area (Å²) < 4.78 is 1.77. The quantitative estimate of drug-likeness (QED) is 0.805. The summed E-state index contributed by atoms with van der Waals surface area (Å²) in [5.74, 6) is -0.157. The predicted molar refractivity (Wildman–Crippen MR) is 85.0 cm³/mol. The van der Waals surface area contributed by atoms with Gasteiger partial charge in [-0.1, -0.05) is 24.6 Å². The van der Waals surface area contributed by atoms with Crippen LogP contribution in [0.4, 0.5) is 0 Å². The van der Waals surface area contributed by atoms with Crippen LogP contribution in [0.15, 0.2) is 42.9 Å². The van der Waals surface area contributed by atoms with Gasteiger partial charge in [-0.05, 0) is 24.1 Å². The monoisotopic (exact) mass is 314 g/mol. The third-order valence-electron chi connectivity index (χ3n) is 3.39. The van der Waals surface area contributed by atoms with Gasteiger partial charge in [0.2, 0.25) is 0 Å². The van der Waals surface area contributed by atoms with Gasteiger partial charge in [0.25, 0.3) is 5.91 Å². The maximum Gasteiger partial charge on any atom is 0.270 e. The van der Waals surface area contributed by atoms with Crippen LogP contribution in [0.3, 0.4) is 0 Å². The Morgan fingerprint density at radius 3 is 3.00 bits per heavy atom. The molecule has 0 aliphatic carbocycles. The van der Waals surface area contributed by atoms with E-state index >= 15 is 0 Å². The number of aryl methyl sites for hydroxylation is 1. The normalized spacial score (nSPS) is 10.8. The maximum absolute atomic E-state index is 12.5. The molecule has 0 atom stereocenters. The lowest BCUT2D eigenvalue weighted by Crippen LogP contribution is -2.25. The van der Waals surface area contributed by atoms with Crippen LogP contribution in [0.5, 0.6) is 0 Å². The molecular weight excluding hydrogens is 300 g/mol. The highest BCUT2D eigenvalue weighted by Gasteiger charge is 2.18. The van der Waals surface area contributed by atoms with Crippen molar-refractivity contribution in [1.29, 1.82) is 0 Å². The van der Waals surface area contributed by atoms with Crippen LogP contribution < -0.4 is 5.32 Å². The summed E-state index contributed by atoms with van der Waals surface area (Å²) in [7, 11) is 0. The van der Waals surface area contributed by atoms with E-state index in [-0.39, 0.29) is 5.91 Å². The SMILES string of the molecule is CCc1nc2cc(Cl)ccn2c1C(=O)NCc1cccnc1. The van der Waals surface area contributed by atoms with E-state index in [0.717, 1.165) is 11.3 Å². The zero-order valence-corrected chi connectivity index (χ0v) is 12.8. The van der Waals surface area contributed by atoms with Crippen LogP contribution in [-0.2, 0) is 13.0 Å². The molecule has 0 saturated carbocycles. The number of fused-ring (bicyclic) bond motifs is 1. The van der Waals surface area contributed by atoms with E-state index < -0.39 is 0 Å². The molecule has 22 heavy (non-hydrogen) atoms. The van der Waals surface area contributed by atoms with Crippen LogP contribution >= 0.6 is 11.6 Å². The number of nitrogens with zero attached hydrogens (tertiary/aromatic N) is 3. The van der Waals surface area contributed by atoms with Gasteiger partial charge in [0.05, 0.1) is 5.69 Å². The molecule has 0 saturated heterocycles. The molecule has 5 nitrogen and oxygen atoms in total. The minimum atomic E-state index is -0.157. The van der Waals surface area contributed by atoms with Gasteiger partial charge >= 0.3 is 0 Å². The summed E-state index contributed by atoms with van der Waals surface area (Å²) in [4.78, 5) is 21.0. The Kier molecular flexibility index (Phi) is 4.06. The summed E-state index contributed by atoms with van der Waals surface area (Å²) in [6, 6.07) is 7.25. The van der Waals surface area contributed by atoms with E-state index in [2.05, 4.69) is 15.3 Å². The predicted octanol–water partition coefficient (Wildman–Crippen LogP) is 2.88. The Hall–Kier alpha value is -2.40. The highest BCUT2D eigenvalue weighted by Crippen LogP contribution is 2.17. The number of carbonyl (C=O) groups is 1. The molecule has 112 valence electrons. The van der Waals surface area contributed by atoms with Gasteiger partial charge in [-0.15, -0.1) is 0 Å². The van der Waals surface area contributed by atoms with Crippen molar-refractivity contribution in [3.8, 4) is 0 Å². The average Bonchev–Trinajstić information content (AvgIpc) is 2.91. The molecule has 0 aliphatic heterocycles. The number of imidazole rings is 1. The van der Waals surface area contributed by atoms with Crippen molar-refractivity contribution in [3.63, 3.8) is 0 Å². The number of hydrogen-bond acceptors (Lipinski definition) is 3. The number of halogens is 1. The first-order valence-corrected chi connectivity index (χ1v) is 7.40. The maximum atomic E-state index is 12.5. The van der Waals surface area contributed by atoms with Gasteiger partial charge in [-0.2, -0.15) is 0 Å². The fourth-order valence-electron chi connectivity index (χ4n) is 2.32. The number of amides is 1. The minimum Gasteiger partial charge on any atom is -0.347 e. The molecule has 0 aliphatic rings. The molecule has 6 heteroatoms. The summed E-state index contributed by atoms with van der Waals surface area (Å²) in [5.41, 5.74) is 2.94. The molecule has 1 N–H and O–H groups in total. The second-order valence-corrected chi connectivity index (χ2v) is 5.31. The summed E-state index contributed by atoms with van der Waals surface area (Å²) in [5, 5.41) is 3.51. The van der Waals surface area contributed by atoms with Gasteiger partial charge in [0.1, 0.15) is 11.3 Å². The van der Waals surface area contributed by atoms with E-state index in [1.54, 1.807) is 35.1 Å². The Morgan fingerprint density at radius 1 is 1.41 bits per heavy atom. The zero-order valence-electron chi connectivity index (χ0n) is 12.1. The number of rotatable bonds is 4. The largest absolute Gasteiger partial charge is 0.347 e. The van der Waals surface area contributed by atoms with Gasteiger partial charge < -0.3 is 5.32 Å². The Labute approximate surface area is 133 Å². The molecule has 0 spiro atoms. The molecule has 3 aromatic rings. The van der Waals surface area contributed by atoms with Gasteiger partial charge in [0.15, 0.2) is 0 Å². The second kappa shape index (κ2) is 6.15. The number of aromatic nitrogens is 3. The third kappa shape index (κ3) is 2.80. The molecular formula is C16H15ClN4O. The van der Waals surface area contributed by atoms with E-state index in [0.29, 0.717) is 29.3 Å². The first-order chi connectivity index (χ1) is 10.7. The van der Waals surface area contributed by atoms with Crippen LogP contribution in [0.2, 0.25) is 5.02 Å². The van der Waals surface area contributed by atoms with Crippen LogP contribution in [-0.4, -0.2) is 20.3 Å². The van der Waals surface area contributed by atoms with Crippen molar-refractivity contribution in [2.75, 3.05) is 0 Å². The Morgan fingerprint density at radius 2 is 2.27 bits per heavy atom. The number of carbonyl (C=O) groups excluding carboxylic acids is 1. The molecule has 0 bridgehead atoms. The summed E-state index contributed by atoms with van der Waals surface area (Å²) in [6.07, 6.45) is 5.88. The van der Waals surface area contributed by atoms with E-state index in [4.69, 9.17) is 11.6 Å². The lowest BCUT2D eigenvalue weighted by molar-refractivity contribution is 0.0944. The molecule has 0 aromatic carbocycles. The van der Waals surface area contributed by atoms with Crippen molar-refractivity contribution in [2.24, 2.45) is 0 Å². The fraction of sp³-hybridized carbons (Fsp3) is 0.188. The average molecular weight is 315 g/mol. The molecule has 1 amide bonds. The first kappa shape index (κ1) is 14.5. The van der Waals surface area contributed by atoms with Crippen molar-refractivity contribution in [3.05, 3.63) is 64.8 Å². The van der Waals surface area contributed by atoms with E-state index in [1.807, 2.05) is 19.1 Å². The number of hydrogen-bond donors (Lipinski definition) is 1. The van der Waals surface area contributed by atoms with Crippen molar-refractivity contribution >= 4 is 23.2 Å². The summed E-state index contributed by atoms with van der Waals surface area (Å²) in [6.45, 7) is 2.40. The summed E-state index contributed by atoms with van der Waals surface area (Å²) >= 11 is 5.98. The minimum absolute atomic E-state index is 0.157. The lowest BCUT2D eigenvalue weighted by atomic mass is 10.2. The standard InChI is InChI=1S/C16H15ClN4O/c1-2-13-15(21-7-5-12(17)8-14(21)20-13)16(22)19-10-11-4-3-6-18-9-11/h3-9H,2,10H2,1H3,(H,19,22). The number of nitrogens with one attached hydrogen (secondary N) is 1. The van der Waals surface area contributed by atoms with Crippen molar-refractivity contribution in [1.82, 2.24) is 19.7 Å². The molecule has 3 heterocycles. The Bertz CT molecular complexity index is 814. The lowest BCUT2D eigenvalue weighted by Gasteiger charge is -2.06. The van der Waals surface area contributed by atoms with Crippen molar-refractivity contribution in [2.45, 2.75) is 19.9 Å². The molecule has 3 rings (SSSR count). The van der Waals surface area contributed by atoms with Gasteiger partial charge in [-0.3, -0.25) is 14.2 Å². The Balaban J connectivity index is 1.89. The fourth-order valence-corrected chi connectivity index (χ4v) is 2.48.